The highest BCUT2D eigenvalue weighted by molar-refractivity contribution is 6.32. The number of benzene rings is 2. The van der Waals surface area contributed by atoms with Crippen molar-refractivity contribution in [1.29, 1.82) is 5.26 Å². The molecular weight excluding hydrogens is 475 g/mol. The summed E-state index contributed by atoms with van der Waals surface area (Å²) in [7, 11) is 0. The predicted octanol–water partition coefficient (Wildman–Crippen LogP) is 4.90. The van der Waals surface area contributed by atoms with Gasteiger partial charge in [-0.3, -0.25) is 5.10 Å². The van der Waals surface area contributed by atoms with E-state index < -0.39 is 0 Å². The van der Waals surface area contributed by atoms with Crippen LogP contribution in [-0.4, -0.2) is 34.8 Å². The van der Waals surface area contributed by atoms with Gasteiger partial charge in [0.15, 0.2) is 5.65 Å². The van der Waals surface area contributed by atoms with Crippen LogP contribution in [0.1, 0.15) is 11.3 Å². The Morgan fingerprint density at radius 1 is 1.12 bits per heavy atom. The number of nitrogens with two attached hydrogens (primary N) is 1. The van der Waals surface area contributed by atoms with Gasteiger partial charge in [0.25, 0.3) is 0 Å². The van der Waals surface area contributed by atoms with Crippen LogP contribution in [0, 0.1) is 17.2 Å². The molecule has 0 spiro atoms. The first-order valence-electron chi connectivity index (χ1n) is 10.6. The maximum absolute atomic E-state index is 9.14. The molecule has 3 N–H and O–H groups in total. The number of rotatable bonds is 7. The van der Waals surface area contributed by atoms with Gasteiger partial charge in [0.1, 0.15) is 35.4 Å². The molecule has 172 valence electrons. The Morgan fingerprint density at radius 2 is 1.97 bits per heavy atom. The molecule has 5 rings (SSSR count). The number of pyridine rings is 1. The molecule has 1 aliphatic heterocycles. The molecule has 0 atom stereocenters. The zero-order chi connectivity index (χ0) is 23.7. The monoisotopic (exact) mass is 494 g/mol. The van der Waals surface area contributed by atoms with Gasteiger partial charge in [-0.15, -0.1) is 0 Å². The van der Waals surface area contributed by atoms with E-state index in [0.717, 1.165) is 30.0 Å². The maximum atomic E-state index is 9.14. The normalized spacial score (nSPS) is 13.5. The number of hydrogen-bond acceptors (Lipinski definition) is 7. The number of ether oxygens (including phenoxy) is 2. The first kappa shape index (κ1) is 22.3. The minimum absolute atomic E-state index is 0.233. The van der Waals surface area contributed by atoms with E-state index in [0.29, 0.717) is 51.0 Å². The van der Waals surface area contributed by atoms with Crippen LogP contribution in [0.15, 0.2) is 48.5 Å². The van der Waals surface area contributed by atoms with Crippen LogP contribution in [-0.2, 0) is 6.61 Å². The Kier molecular flexibility index (Phi) is 6.16. The van der Waals surface area contributed by atoms with Gasteiger partial charge >= 0.3 is 0 Å². The highest BCUT2D eigenvalue weighted by Crippen LogP contribution is 2.34. The summed E-state index contributed by atoms with van der Waals surface area (Å²) in [6, 6.07) is 15.9. The number of nitrogens with one attached hydrogen (secondary N) is 1. The van der Waals surface area contributed by atoms with E-state index in [1.54, 1.807) is 36.4 Å². The zero-order valence-electron chi connectivity index (χ0n) is 18.0. The van der Waals surface area contributed by atoms with Crippen molar-refractivity contribution in [2.45, 2.75) is 6.61 Å². The third kappa shape index (κ3) is 4.59. The minimum atomic E-state index is 0.233. The molecule has 2 aromatic heterocycles. The van der Waals surface area contributed by atoms with Gasteiger partial charge in [-0.25, -0.2) is 4.98 Å². The van der Waals surface area contributed by atoms with Crippen molar-refractivity contribution in [3.8, 4) is 23.3 Å². The van der Waals surface area contributed by atoms with Crippen LogP contribution >= 0.6 is 23.2 Å². The Labute approximate surface area is 205 Å². The fraction of sp³-hybridized carbons (Fsp3) is 0.208. The third-order valence-electron chi connectivity index (χ3n) is 5.61. The summed E-state index contributed by atoms with van der Waals surface area (Å²) in [5.74, 6) is 2.78. The van der Waals surface area contributed by atoms with Gasteiger partial charge in [-0.1, -0.05) is 23.2 Å². The summed E-state index contributed by atoms with van der Waals surface area (Å²) in [6.07, 6.45) is 0. The summed E-state index contributed by atoms with van der Waals surface area (Å²) in [4.78, 5) is 6.87. The lowest BCUT2D eigenvalue weighted by atomic mass is 10.0. The molecule has 0 amide bonds. The van der Waals surface area contributed by atoms with E-state index in [2.05, 4.69) is 20.1 Å². The van der Waals surface area contributed by atoms with E-state index in [1.807, 2.05) is 18.2 Å². The van der Waals surface area contributed by atoms with Crippen LogP contribution in [0.5, 0.6) is 17.2 Å². The average Bonchev–Trinajstić information content (AvgIpc) is 3.21. The van der Waals surface area contributed by atoms with Crippen LogP contribution in [0.4, 0.5) is 5.82 Å². The van der Waals surface area contributed by atoms with Gasteiger partial charge in [-0.05, 0) is 49.0 Å². The van der Waals surface area contributed by atoms with Gasteiger partial charge < -0.3 is 20.1 Å². The van der Waals surface area contributed by atoms with Crippen molar-refractivity contribution in [2.24, 2.45) is 11.7 Å². The summed E-state index contributed by atoms with van der Waals surface area (Å²) >= 11 is 12.4. The highest BCUT2D eigenvalue weighted by atomic mass is 35.5. The Bertz CT molecular complexity index is 1390. The summed E-state index contributed by atoms with van der Waals surface area (Å²) in [5.41, 5.74) is 7.55. The number of H-pyrrole nitrogens is 1. The number of anilines is 1. The molecule has 0 unspecified atom stereocenters. The molecule has 0 radical (unpaired) electrons. The Balaban J connectivity index is 1.29. The highest BCUT2D eigenvalue weighted by Gasteiger charge is 2.26. The number of nitriles is 1. The van der Waals surface area contributed by atoms with Crippen molar-refractivity contribution in [2.75, 3.05) is 24.5 Å². The average molecular weight is 495 g/mol. The second-order valence-corrected chi connectivity index (χ2v) is 8.86. The third-order valence-corrected chi connectivity index (χ3v) is 6.14. The van der Waals surface area contributed by atoms with Crippen molar-refractivity contribution < 1.29 is 9.47 Å². The predicted molar refractivity (Wildman–Crippen MR) is 131 cm³/mol. The summed E-state index contributed by atoms with van der Waals surface area (Å²) in [6.45, 7) is 2.78. The molecule has 0 aliphatic carbocycles. The first-order valence-corrected chi connectivity index (χ1v) is 11.4. The second-order valence-electron chi connectivity index (χ2n) is 8.01. The van der Waals surface area contributed by atoms with Gasteiger partial charge in [0.2, 0.25) is 0 Å². The van der Waals surface area contributed by atoms with E-state index in [4.69, 9.17) is 43.7 Å². The maximum Gasteiger partial charge on any atom is 0.157 e. The molecule has 1 fully saturated rings. The minimum Gasteiger partial charge on any atom is -0.487 e. The number of fused-ring (bicyclic) bond motifs is 1. The number of aromatic nitrogens is 3. The summed E-state index contributed by atoms with van der Waals surface area (Å²) < 4.78 is 11.8. The molecule has 8 nitrogen and oxygen atoms in total. The van der Waals surface area contributed by atoms with Crippen LogP contribution in [0.3, 0.4) is 0 Å². The molecular formula is C24H20Cl2N6O2. The zero-order valence-corrected chi connectivity index (χ0v) is 19.5. The number of hydrogen-bond donors (Lipinski definition) is 2. The first-order chi connectivity index (χ1) is 16.5. The Hall–Kier alpha value is -3.51. The van der Waals surface area contributed by atoms with Crippen molar-refractivity contribution in [3.63, 3.8) is 0 Å². The Morgan fingerprint density at radius 3 is 2.76 bits per heavy atom. The summed E-state index contributed by atoms with van der Waals surface area (Å²) in [5, 5.41) is 18.2. The molecule has 10 heteroatoms. The molecule has 1 saturated heterocycles. The smallest absolute Gasteiger partial charge is 0.157 e. The van der Waals surface area contributed by atoms with Gasteiger partial charge in [0.05, 0.1) is 16.7 Å². The topological polar surface area (TPSA) is 113 Å². The molecule has 34 heavy (non-hydrogen) atoms. The molecule has 2 aromatic carbocycles. The standard InChI is InChI=1S/C24H20Cl2N6O2/c25-16-5-14(9-27)6-18(7-16)34-22-8-17(1-3-20(22)26)33-13-21-19-2-4-23(29-24(19)31-30-21)32-11-15(10-28)12-32/h1-8,15H,10-13,28H2,(H,29,30,31). The fourth-order valence-electron chi connectivity index (χ4n) is 3.76. The lowest BCUT2D eigenvalue weighted by molar-refractivity contribution is 0.301. The lowest BCUT2D eigenvalue weighted by Crippen LogP contribution is -2.50. The van der Waals surface area contributed by atoms with Crippen molar-refractivity contribution >= 4 is 40.1 Å². The van der Waals surface area contributed by atoms with Crippen LogP contribution in [0.25, 0.3) is 11.0 Å². The molecule has 1 aliphatic rings. The van der Waals surface area contributed by atoms with Crippen LogP contribution < -0.4 is 20.1 Å². The lowest BCUT2D eigenvalue weighted by Gasteiger charge is -2.39. The van der Waals surface area contributed by atoms with E-state index in [1.165, 1.54) is 0 Å². The second kappa shape index (κ2) is 9.39. The number of aromatic amines is 1. The molecule has 4 aromatic rings. The SMILES string of the molecule is N#Cc1cc(Cl)cc(Oc2cc(OCc3n[nH]c4nc(N5CC(CN)C5)ccc34)ccc2Cl)c1. The fourth-order valence-corrected chi connectivity index (χ4v) is 4.14. The number of nitrogens with zero attached hydrogens (tertiary/aromatic N) is 4. The number of halogens is 2. The van der Waals surface area contributed by atoms with Crippen molar-refractivity contribution in [3.05, 3.63) is 69.8 Å². The quantitative estimate of drug-likeness (QED) is 0.375. The van der Waals surface area contributed by atoms with E-state index in [9.17, 15) is 0 Å². The van der Waals surface area contributed by atoms with E-state index in [-0.39, 0.29) is 6.61 Å². The van der Waals surface area contributed by atoms with Crippen LogP contribution in [0.2, 0.25) is 10.0 Å². The van der Waals surface area contributed by atoms with E-state index >= 15 is 0 Å². The van der Waals surface area contributed by atoms with Gasteiger partial charge in [-0.2, -0.15) is 10.4 Å². The largest absolute Gasteiger partial charge is 0.487 e. The van der Waals surface area contributed by atoms with Gasteiger partial charge in [0, 0.05) is 35.5 Å². The molecule has 0 bridgehead atoms. The molecule has 3 heterocycles. The van der Waals surface area contributed by atoms with Crippen molar-refractivity contribution in [1.82, 2.24) is 15.2 Å². The molecule has 0 saturated carbocycles.